The van der Waals surface area contributed by atoms with Crippen molar-refractivity contribution in [3.05, 3.63) is 48.5 Å². The van der Waals surface area contributed by atoms with Gasteiger partial charge < -0.3 is 20.3 Å². The minimum Gasteiger partial charge on any atom is -0.406 e. The van der Waals surface area contributed by atoms with Gasteiger partial charge in [-0.3, -0.25) is 9.59 Å². The summed E-state index contributed by atoms with van der Waals surface area (Å²) >= 11 is 1.14. The largest absolute Gasteiger partial charge is 0.573 e. The smallest absolute Gasteiger partial charge is 0.406 e. The zero-order valence-electron chi connectivity index (χ0n) is 16.6. The maximum absolute atomic E-state index is 12.2. The average Bonchev–Trinajstić information content (AvgIpc) is 3.01. The van der Waals surface area contributed by atoms with E-state index in [0.29, 0.717) is 10.9 Å². The van der Waals surface area contributed by atoms with Gasteiger partial charge in [0.1, 0.15) is 11.0 Å². The summed E-state index contributed by atoms with van der Waals surface area (Å²) in [5.74, 6) is -1.18. The van der Waals surface area contributed by atoms with Gasteiger partial charge in [0.25, 0.3) is 0 Å². The van der Waals surface area contributed by atoms with Crippen LogP contribution in [-0.2, 0) is 9.59 Å². The van der Waals surface area contributed by atoms with Crippen LogP contribution in [-0.4, -0.2) is 42.7 Å². The lowest BCUT2D eigenvalue weighted by Gasteiger charge is -2.11. The van der Waals surface area contributed by atoms with Crippen LogP contribution in [0.1, 0.15) is 6.42 Å². The zero-order valence-corrected chi connectivity index (χ0v) is 17.4. The summed E-state index contributed by atoms with van der Waals surface area (Å²) in [5.41, 5.74) is 1.97. The van der Waals surface area contributed by atoms with E-state index in [0.717, 1.165) is 29.6 Å². The fraction of sp³-hybridized carbons (Fsp3) is 0.250. The molecular weight excluding hydrogens is 433 g/mol. The summed E-state index contributed by atoms with van der Waals surface area (Å²) in [5, 5.41) is 4.93. The van der Waals surface area contributed by atoms with Crippen LogP contribution in [0.5, 0.6) is 5.75 Å². The predicted octanol–water partition coefficient (Wildman–Crippen LogP) is 3.90. The quantitative estimate of drug-likeness (QED) is 0.695. The van der Waals surface area contributed by atoms with E-state index < -0.39 is 23.3 Å². The molecule has 2 aromatic carbocycles. The van der Waals surface area contributed by atoms with Crippen molar-refractivity contribution in [2.75, 3.05) is 24.3 Å². The number of hydrogen-bond donors (Lipinski definition) is 2. The molecule has 2 N–H and O–H groups in total. The summed E-state index contributed by atoms with van der Waals surface area (Å²) < 4.78 is 40.4. The first-order chi connectivity index (χ1) is 14.6. The third-order valence-electron chi connectivity index (χ3n) is 4.12. The van der Waals surface area contributed by atoms with Crippen LogP contribution in [0.25, 0.3) is 0 Å². The molecule has 7 nitrogen and oxygen atoms in total. The fourth-order valence-electron chi connectivity index (χ4n) is 2.66. The van der Waals surface area contributed by atoms with Crippen molar-refractivity contribution in [1.82, 2.24) is 5.32 Å². The highest BCUT2D eigenvalue weighted by Crippen LogP contribution is 2.27. The molecule has 0 radical (unpaired) electrons. The Morgan fingerprint density at radius 3 is 2.39 bits per heavy atom. The number of carbonyl (C=O) groups excluding carboxylic acids is 2. The van der Waals surface area contributed by atoms with Gasteiger partial charge in [-0.25, -0.2) is 4.99 Å². The molecule has 164 valence electrons. The van der Waals surface area contributed by atoms with E-state index in [1.807, 2.05) is 43.3 Å². The lowest BCUT2D eigenvalue weighted by Crippen LogP contribution is -2.28. The minimum absolute atomic E-state index is 0.115. The Morgan fingerprint density at radius 2 is 1.81 bits per heavy atom. The van der Waals surface area contributed by atoms with Crippen LogP contribution in [0.2, 0.25) is 0 Å². The van der Waals surface area contributed by atoms with E-state index in [9.17, 15) is 22.8 Å². The Hall–Kier alpha value is -3.21. The van der Waals surface area contributed by atoms with Gasteiger partial charge in [0.15, 0.2) is 5.17 Å². The minimum atomic E-state index is -4.79. The predicted molar refractivity (Wildman–Crippen MR) is 114 cm³/mol. The van der Waals surface area contributed by atoms with Crippen molar-refractivity contribution < 1.29 is 27.5 Å². The number of nitrogens with one attached hydrogen (secondary N) is 2. The van der Waals surface area contributed by atoms with Gasteiger partial charge in [0.2, 0.25) is 11.8 Å². The molecule has 0 spiro atoms. The Labute approximate surface area is 180 Å². The number of amidine groups is 1. The highest BCUT2D eigenvalue weighted by atomic mass is 32.2. The normalized spacial score (nSPS) is 17.4. The van der Waals surface area contributed by atoms with Crippen molar-refractivity contribution in [3.63, 3.8) is 0 Å². The number of aliphatic imine (C=N–C) groups is 1. The highest BCUT2D eigenvalue weighted by Gasteiger charge is 2.32. The van der Waals surface area contributed by atoms with Crippen molar-refractivity contribution in [3.8, 4) is 5.75 Å². The van der Waals surface area contributed by atoms with Crippen LogP contribution in [0.15, 0.2) is 53.5 Å². The fourth-order valence-corrected chi connectivity index (χ4v) is 3.64. The molecule has 2 amide bonds. The summed E-state index contributed by atoms with van der Waals surface area (Å²) in [7, 11) is 3.85. The van der Waals surface area contributed by atoms with E-state index in [1.165, 1.54) is 12.1 Å². The first kappa shape index (κ1) is 22.5. The number of benzene rings is 2. The maximum atomic E-state index is 12.2. The van der Waals surface area contributed by atoms with Gasteiger partial charge in [-0.2, -0.15) is 0 Å². The summed E-state index contributed by atoms with van der Waals surface area (Å²) in [4.78, 5) is 30.7. The van der Waals surface area contributed by atoms with Crippen molar-refractivity contribution >= 4 is 45.8 Å². The van der Waals surface area contributed by atoms with E-state index in [1.54, 1.807) is 0 Å². The Bertz CT molecular complexity index is 977. The van der Waals surface area contributed by atoms with Gasteiger partial charge in [0, 0.05) is 31.9 Å². The van der Waals surface area contributed by atoms with Crippen LogP contribution in [0.3, 0.4) is 0 Å². The summed E-state index contributed by atoms with van der Waals surface area (Å²) in [6.07, 6.45) is -4.90. The molecule has 1 saturated heterocycles. The number of thioether (sulfide) groups is 1. The zero-order chi connectivity index (χ0) is 22.6. The van der Waals surface area contributed by atoms with Crippen molar-refractivity contribution in [2.24, 2.45) is 4.99 Å². The molecule has 1 atom stereocenters. The molecule has 3 rings (SSSR count). The Morgan fingerprint density at radius 1 is 1.16 bits per heavy atom. The van der Waals surface area contributed by atoms with Crippen LogP contribution in [0.4, 0.5) is 30.2 Å². The van der Waals surface area contributed by atoms with E-state index in [-0.39, 0.29) is 18.0 Å². The molecule has 0 aromatic heterocycles. The van der Waals surface area contributed by atoms with Gasteiger partial charge in [0.05, 0.1) is 5.69 Å². The van der Waals surface area contributed by atoms with E-state index in [2.05, 4.69) is 20.4 Å². The number of ether oxygens (including phenoxy) is 1. The molecule has 1 unspecified atom stereocenters. The second kappa shape index (κ2) is 9.29. The van der Waals surface area contributed by atoms with Crippen LogP contribution < -0.4 is 20.3 Å². The molecule has 11 heteroatoms. The average molecular weight is 452 g/mol. The topological polar surface area (TPSA) is 83.0 Å². The molecule has 1 fully saturated rings. The van der Waals surface area contributed by atoms with Gasteiger partial charge in [-0.1, -0.05) is 11.8 Å². The molecule has 1 heterocycles. The molecule has 1 aliphatic heterocycles. The molecule has 0 bridgehead atoms. The van der Waals surface area contributed by atoms with Crippen LogP contribution in [0, 0.1) is 0 Å². The lowest BCUT2D eigenvalue weighted by atomic mass is 10.2. The Balaban J connectivity index is 1.55. The highest BCUT2D eigenvalue weighted by molar-refractivity contribution is 8.15. The van der Waals surface area contributed by atoms with Gasteiger partial charge >= 0.3 is 6.36 Å². The summed E-state index contributed by atoms with van der Waals surface area (Å²) in [6.45, 7) is 0. The number of nitrogens with zero attached hydrogens (tertiary/aromatic N) is 2. The first-order valence-corrected chi connectivity index (χ1v) is 9.96. The number of alkyl halides is 3. The van der Waals surface area contributed by atoms with Gasteiger partial charge in [-0.05, 0) is 48.5 Å². The maximum Gasteiger partial charge on any atom is 0.573 e. The first-order valence-electron chi connectivity index (χ1n) is 9.08. The van der Waals surface area contributed by atoms with Crippen molar-refractivity contribution in [2.45, 2.75) is 18.0 Å². The molecule has 2 aromatic rings. The number of rotatable bonds is 6. The molecule has 1 aliphatic rings. The standard InChI is InChI=1S/C20H19F3N4O3S/c1-27(2)14-7-3-13(4-8-14)25-19-26-18(29)16(31-19)11-17(28)24-12-5-9-15(10-6-12)30-20(21,22)23/h3-10,16H,11H2,1-2H3,(H,24,28)(H,25,26,29). The van der Waals surface area contributed by atoms with Gasteiger partial charge in [-0.15, -0.1) is 13.2 Å². The number of halogens is 3. The third-order valence-corrected chi connectivity index (χ3v) is 5.20. The summed E-state index contributed by atoms with van der Waals surface area (Å²) in [6, 6.07) is 12.2. The number of carbonyl (C=O) groups is 2. The monoisotopic (exact) mass is 452 g/mol. The third kappa shape index (κ3) is 6.64. The Kier molecular flexibility index (Phi) is 6.74. The van der Waals surface area contributed by atoms with Crippen LogP contribution >= 0.6 is 11.8 Å². The molecule has 0 saturated carbocycles. The second-order valence-corrected chi connectivity index (χ2v) is 7.94. The molecular formula is C20H19F3N4O3S. The second-order valence-electron chi connectivity index (χ2n) is 6.75. The SMILES string of the molecule is CN(C)c1ccc(N=C2NC(=O)C(CC(=O)Nc3ccc(OC(F)(F)F)cc3)S2)cc1. The van der Waals surface area contributed by atoms with Crippen molar-refractivity contribution in [1.29, 1.82) is 0 Å². The lowest BCUT2D eigenvalue weighted by molar-refractivity contribution is -0.274. The number of hydrogen-bond acceptors (Lipinski definition) is 6. The molecule has 0 aliphatic carbocycles. The van der Waals surface area contributed by atoms with E-state index in [4.69, 9.17) is 0 Å². The number of amides is 2. The molecule has 31 heavy (non-hydrogen) atoms. The van der Waals surface area contributed by atoms with E-state index >= 15 is 0 Å². The number of anilines is 2.